The first kappa shape index (κ1) is 16.8. The summed E-state index contributed by atoms with van der Waals surface area (Å²) in [5, 5.41) is 5.03. The Balaban J connectivity index is 2.09. The second-order valence-electron chi connectivity index (χ2n) is 4.23. The molecule has 1 heterocycles. The Bertz CT molecular complexity index is 683. The van der Waals surface area contributed by atoms with E-state index in [1.165, 1.54) is 12.1 Å². The molecule has 1 atom stereocenters. The van der Waals surface area contributed by atoms with Crippen LogP contribution in [0.25, 0.3) is 11.4 Å². The highest BCUT2D eigenvalue weighted by Crippen LogP contribution is 2.25. The molecule has 0 fully saturated rings. The predicted octanol–water partition coefficient (Wildman–Crippen LogP) is 3.51. The number of alkyl halides is 6. The molecule has 0 bridgehead atoms. The Morgan fingerprint density at radius 2 is 1.74 bits per heavy atom. The lowest BCUT2D eigenvalue weighted by Crippen LogP contribution is -2.36. The van der Waals surface area contributed by atoms with Crippen LogP contribution in [0.5, 0.6) is 0 Å². The molecule has 1 aromatic carbocycles. The van der Waals surface area contributed by atoms with Crippen LogP contribution in [0.15, 0.2) is 28.8 Å². The molecular weight excluding hydrogens is 332 g/mol. The Labute approximate surface area is 124 Å². The Morgan fingerprint density at radius 3 is 2.22 bits per heavy atom. The first-order valence-corrected chi connectivity index (χ1v) is 5.92. The van der Waals surface area contributed by atoms with Crippen LogP contribution < -0.4 is 5.32 Å². The molecule has 11 heteroatoms. The molecule has 1 amide bonds. The monoisotopic (exact) mass is 339 g/mol. The number of nitrogens with one attached hydrogen (secondary N) is 1. The summed E-state index contributed by atoms with van der Waals surface area (Å²) in [6, 6.07) is 4.73. The molecule has 1 N–H and O–H groups in total. The van der Waals surface area contributed by atoms with Crippen molar-refractivity contribution in [2.45, 2.75) is 18.8 Å². The zero-order chi connectivity index (χ0) is 17.2. The maximum Gasteiger partial charge on any atom is 0.428 e. The van der Waals surface area contributed by atoms with Crippen LogP contribution in [0, 0.1) is 0 Å². The summed E-state index contributed by atoms with van der Waals surface area (Å²) in [4.78, 5) is 14.5. The smallest absolute Gasteiger partial charge is 0.333 e. The predicted molar refractivity (Wildman–Crippen MR) is 64.3 cm³/mol. The van der Waals surface area contributed by atoms with Gasteiger partial charge in [-0.1, -0.05) is 5.16 Å². The fraction of sp³-hybridized carbons (Fsp3) is 0.250. The van der Waals surface area contributed by atoms with Gasteiger partial charge in [-0.05, 0) is 24.3 Å². The fourth-order valence-corrected chi connectivity index (χ4v) is 1.50. The molecule has 23 heavy (non-hydrogen) atoms. The number of hydrogen-bond donors (Lipinski definition) is 1. The van der Waals surface area contributed by atoms with Crippen molar-refractivity contribution in [1.29, 1.82) is 0 Å². The number of carbonyl (C=O) groups is 1. The van der Waals surface area contributed by atoms with Crippen molar-refractivity contribution >= 4 is 11.6 Å². The maximum absolute atomic E-state index is 12.8. The molecular formula is C12H7F6N3O2. The minimum Gasteiger partial charge on any atom is -0.333 e. The minimum atomic E-state index is -5.31. The fourth-order valence-electron chi connectivity index (χ4n) is 1.50. The number of carbonyl (C=O) groups excluding carboxylic acids is 1. The van der Waals surface area contributed by atoms with Gasteiger partial charge in [-0.2, -0.15) is 26.9 Å². The van der Waals surface area contributed by atoms with E-state index < -0.39 is 30.6 Å². The highest BCUT2D eigenvalue weighted by molar-refractivity contribution is 5.94. The van der Waals surface area contributed by atoms with Crippen molar-refractivity contribution in [1.82, 2.24) is 10.1 Å². The van der Waals surface area contributed by atoms with Gasteiger partial charge in [0.15, 0.2) is 0 Å². The third-order valence-electron chi connectivity index (χ3n) is 2.56. The molecule has 2 rings (SSSR count). The van der Waals surface area contributed by atoms with Gasteiger partial charge in [0.05, 0.1) is 0 Å². The molecule has 0 saturated heterocycles. The summed E-state index contributed by atoms with van der Waals surface area (Å²) in [5.74, 6) is -2.93. The topological polar surface area (TPSA) is 68.0 Å². The van der Waals surface area contributed by atoms with Crippen LogP contribution in [-0.2, 0) is 4.79 Å². The standard InChI is InChI=1S/C12H7F6N3O2/c13-7(12(16,17)18)10(22)19-6-3-1-5(2-4-6)9-20-11(8(14)15)23-21-9/h1-4,7-8H,(H,19,22). The van der Waals surface area contributed by atoms with Crippen LogP contribution >= 0.6 is 0 Å². The second-order valence-corrected chi connectivity index (χ2v) is 4.23. The molecule has 0 spiro atoms. The normalized spacial score (nSPS) is 13.2. The molecule has 0 radical (unpaired) electrons. The van der Waals surface area contributed by atoms with E-state index >= 15 is 0 Å². The maximum atomic E-state index is 12.8. The Morgan fingerprint density at radius 1 is 1.13 bits per heavy atom. The van der Waals surface area contributed by atoms with Crippen molar-refractivity contribution in [3.63, 3.8) is 0 Å². The molecule has 124 valence electrons. The number of aromatic nitrogens is 2. The molecule has 1 aromatic heterocycles. The average Bonchev–Trinajstić information content (AvgIpc) is 2.96. The van der Waals surface area contributed by atoms with Crippen molar-refractivity contribution in [3.8, 4) is 11.4 Å². The summed E-state index contributed by atoms with van der Waals surface area (Å²) in [5.41, 5.74) is 0.0921. The number of halogens is 6. The van der Waals surface area contributed by atoms with Crippen LogP contribution in [0.1, 0.15) is 12.3 Å². The third-order valence-corrected chi connectivity index (χ3v) is 2.56. The lowest BCUT2D eigenvalue weighted by Gasteiger charge is -2.12. The Hall–Kier alpha value is -2.59. The minimum absolute atomic E-state index is 0.122. The summed E-state index contributed by atoms with van der Waals surface area (Å²) in [7, 11) is 0. The van der Waals surface area contributed by atoms with E-state index in [2.05, 4.69) is 14.7 Å². The van der Waals surface area contributed by atoms with E-state index in [0.717, 1.165) is 12.1 Å². The number of benzene rings is 1. The molecule has 1 unspecified atom stereocenters. The highest BCUT2D eigenvalue weighted by Gasteiger charge is 2.45. The molecule has 0 saturated carbocycles. The van der Waals surface area contributed by atoms with E-state index in [-0.39, 0.29) is 17.1 Å². The zero-order valence-electron chi connectivity index (χ0n) is 10.9. The SMILES string of the molecule is O=C(Nc1ccc(-c2noc(C(F)F)n2)cc1)C(F)C(F)(F)F. The van der Waals surface area contributed by atoms with Crippen molar-refractivity contribution < 1.29 is 35.7 Å². The third kappa shape index (κ3) is 3.99. The van der Waals surface area contributed by atoms with Gasteiger partial charge in [0.25, 0.3) is 18.0 Å². The van der Waals surface area contributed by atoms with Gasteiger partial charge in [-0.3, -0.25) is 4.79 Å². The van der Waals surface area contributed by atoms with E-state index in [9.17, 15) is 31.1 Å². The Kier molecular flexibility index (Phi) is 4.57. The molecule has 0 aliphatic heterocycles. The average molecular weight is 339 g/mol. The lowest BCUT2D eigenvalue weighted by atomic mass is 10.2. The van der Waals surface area contributed by atoms with E-state index in [4.69, 9.17) is 0 Å². The van der Waals surface area contributed by atoms with Gasteiger partial charge in [0, 0.05) is 11.3 Å². The van der Waals surface area contributed by atoms with Crippen molar-refractivity contribution in [3.05, 3.63) is 30.2 Å². The lowest BCUT2D eigenvalue weighted by molar-refractivity contribution is -0.183. The van der Waals surface area contributed by atoms with Crippen LogP contribution in [0.4, 0.5) is 32.0 Å². The summed E-state index contributed by atoms with van der Waals surface area (Å²) in [6.07, 6.45) is -11.9. The van der Waals surface area contributed by atoms with Crippen molar-refractivity contribution in [2.75, 3.05) is 5.32 Å². The number of rotatable bonds is 4. The summed E-state index contributed by atoms with van der Waals surface area (Å²) in [6.45, 7) is 0. The van der Waals surface area contributed by atoms with E-state index in [1.807, 2.05) is 0 Å². The molecule has 0 aliphatic carbocycles. The largest absolute Gasteiger partial charge is 0.428 e. The van der Waals surface area contributed by atoms with Gasteiger partial charge in [0.1, 0.15) is 0 Å². The number of hydrogen-bond acceptors (Lipinski definition) is 4. The van der Waals surface area contributed by atoms with Crippen LogP contribution in [0.2, 0.25) is 0 Å². The van der Waals surface area contributed by atoms with Gasteiger partial charge in [0.2, 0.25) is 5.82 Å². The van der Waals surface area contributed by atoms with E-state index in [0.29, 0.717) is 0 Å². The van der Waals surface area contributed by atoms with Gasteiger partial charge in [-0.15, -0.1) is 0 Å². The second kappa shape index (κ2) is 6.26. The first-order chi connectivity index (χ1) is 10.7. The van der Waals surface area contributed by atoms with Crippen LogP contribution in [-0.4, -0.2) is 28.4 Å². The number of amides is 1. The molecule has 0 aliphatic rings. The highest BCUT2D eigenvalue weighted by atomic mass is 19.4. The van der Waals surface area contributed by atoms with Gasteiger partial charge in [-0.25, -0.2) is 4.39 Å². The van der Waals surface area contributed by atoms with E-state index in [1.54, 1.807) is 5.32 Å². The molecule has 5 nitrogen and oxygen atoms in total. The van der Waals surface area contributed by atoms with Crippen LogP contribution in [0.3, 0.4) is 0 Å². The number of nitrogens with zero attached hydrogens (tertiary/aromatic N) is 2. The zero-order valence-corrected chi connectivity index (χ0v) is 10.9. The summed E-state index contributed by atoms with van der Waals surface area (Å²) >= 11 is 0. The van der Waals surface area contributed by atoms with Gasteiger partial charge < -0.3 is 9.84 Å². The quantitative estimate of drug-likeness (QED) is 0.866. The summed E-state index contributed by atoms with van der Waals surface area (Å²) < 4.78 is 77.8. The van der Waals surface area contributed by atoms with Gasteiger partial charge >= 0.3 is 12.6 Å². The number of anilines is 1. The van der Waals surface area contributed by atoms with Crippen molar-refractivity contribution in [2.24, 2.45) is 0 Å². The first-order valence-electron chi connectivity index (χ1n) is 5.92. The molecule has 2 aromatic rings.